The molecule has 0 aromatic carbocycles. The second kappa shape index (κ2) is 4.24. The minimum Gasteiger partial charge on any atom is -0.297 e. The first-order valence-electron chi connectivity index (χ1n) is 5.89. The van der Waals surface area contributed by atoms with Crippen molar-refractivity contribution in [3.8, 4) is 0 Å². The van der Waals surface area contributed by atoms with Crippen molar-refractivity contribution in [2.24, 2.45) is 10.8 Å². The molecule has 4 heteroatoms. The van der Waals surface area contributed by atoms with E-state index in [1.807, 2.05) is 13.8 Å². The number of carbonyl (C=O) groups excluding carboxylic acids is 3. The van der Waals surface area contributed by atoms with Gasteiger partial charge >= 0.3 is 0 Å². The molecule has 0 bridgehead atoms. The maximum atomic E-state index is 11.8. The minimum absolute atomic E-state index is 0.0843. The number of Topliss-reactive ketones (excluding diaryl/α,β-unsaturated/α-hetero) is 1. The molecule has 96 valence electrons. The predicted molar refractivity (Wildman–Crippen MR) is 64.2 cm³/mol. The number of ketones is 1. The highest BCUT2D eigenvalue weighted by molar-refractivity contribution is 6.02. The molecule has 1 rings (SSSR count). The lowest BCUT2D eigenvalue weighted by Gasteiger charge is -2.35. The third kappa shape index (κ3) is 3.38. The molecule has 0 aromatic rings. The third-order valence-corrected chi connectivity index (χ3v) is 3.00. The first kappa shape index (κ1) is 13.9. The molecule has 0 atom stereocenters. The van der Waals surface area contributed by atoms with E-state index in [0.29, 0.717) is 12.8 Å². The molecule has 0 spiro atoms. The average Bonchev–Trinajstić information content (AvgIpc) is 2.07. The van der Waals surface area contributed by atoms with E-state index in [1.54, 1.807) is 20.8 Å². The molecule has 0 saturated carbocycles. The first-order valence-corrected chi connectivity index (χ1v) is 5.89. The third-order valence-electron chi connectivity index (χ3n) is 3.00. The van der Waals surface area contributed by atoms with Gasteiger partial charge in [-0.3, -0.25) is 19.3 Å². The zero-order chi connectivity index (χ0) is 13.4. The van der Waals surface area contributed by atoms with Crippen LogP contribution in [0.4, 0.5) is 0 Å². The van der Waals surface area contributed by atoms with Crippen molar-refractivity contribution in [1.82, 2.24) is 4.90 Å². The summed E-state index contributed by atoms with van der Waals surface area (Å²) in [6.45, 7) is 9.07. The highest BCUT2D eigenvalue weighted by atomic mass is 16.2. The standard InChI is InChI=1S/C13H21NO3/c1-12(2,3)9(15)8-14-10(16)6-13(4,5)7-11(14)17/h6-8H2,1-5H3. The van der Waals surface area contributed by atoms with E-state index in [0.717, 1.165) is 4.90 Å². The van der Waals surface area contributed by atoms with Gasteiger partial charge in [0.1, 0.15) is 0 Å². The highest BCUT2D eigenvalue weighted by Crippen LogP contribution is 2.31. The van der Waals surface area contributed by atoms with Crippen LogP contribution in [0.15, 0.2) is 0 Å². The Morgan fingerprint density at radius 3 is 1.94 bits per heavy atom. The Bertz CT molecular complexity index is 343. The molecule has 1 aliphatic rings. The van der Waals surface area contributed by atoms with Crippen LogP contribution in [-0.2, 0) is 14.4 Å². The summed E-state index contributed by atoms with van der Waals surface area (Å²) >= 11 is 0. The maximum Gasteiger partial charge on any atom is 0.230 e. The van der Waals surface area contributed by atoms with Crippen LogP contribution < -0.4 is 0 Å². The van der Waals surface area contributed by atoms with Gasteiger partial charge in [-0.25, -0.2) is 0 Å². The average molecular weight is 239 g/mol. The van der Waals surface area contributed by atoms with Gasteiger partial charge in [-0.2, -0.15) is 0 Å². The van der Waals surface area contributed by atoms with Crippen molar-refractivity contribution in [3.63, 3.8) is 0 Å². The Balaban J connectivity index is 2.77. The Hall–Kier alpha value is -1.19. The van der Waals surface area contributed by atoms with Gasteiger partial charge in [0.05, 0.1) is 6.54 Å². The van der Waals surface area contributed by atoms with E-state index in [9.17, 15) is 14.4 Å². The molecule has 0 aliphatic carbocycles. The number of nitrogens with zero attached hydrogens (tertiary/aromatic N) is 1. The Morgan fingerprint density at radius 1 is 1.18 bits per heavy atom. The van der Waals surface area contributed by atoms with Crippen molar-refractivity contribution in [1.29, 1.82) is 0 Å². The summed E-state index contributed by atoms with van der Waals surface area (Å²) in [6.07, 6.45) is 0.659. The Morgan fingerprint density at radius 2 is 1.59 bits per heavy atom. The van der Waals surface area contributed by atoms with E-state index in [1.165, 1.54) is 0 Å². The van der Waals surface area contributed by atoms with Gasteiger partial charge in [-0.15, -0.1) is 0 Å². The molecule has 0 aromatic heterocycles. The van der Waals surface area contributed by atoms with Crippen LogP contribution in [0.5, 0.6) is 0 Å². The molecule has 4 nitrogen and oxygen atoms in total. The quantitative estimate of drug-likeness (QED) is 0.690. The number of piperidine rings is 1. The molecular formula is C13H21NO3. The van der Waals surface area contributed by atoms with Gasteiger partial charge in [0, 0.05) is 18.3 Å². The van der Waals surface area contributed by atoms with Crippen LogP contribution in [0, 0.1) is 10.8 Å². The number of likely N-dealkylation sites (tertiary alicyclic amines) is 1. The number of carbonyl (C=O) groups is 3. The number of imide groups is 1. The van der Waals surface area contributed by atoms with Crippen LogP contribution in [-0.4, -0.2) is 29.0 Å². The van der Waals surface area contributed by atoms with Crippen LogP contribution in [0.2, 0.25) is 0 Å². The molecule has 17 heavy (non-hydrogen) atoms. The van der Waals surface area contributed by atoms with E-state index in [2.05, 4.69) is 0 Å². The van der Waals surface area contributed by atoms with E-state index < -0.39 is 5.41 Å². The van der Waals surface area contributed by atoms with Crippen LogP contribution in [0.25, 0.3) is 0 Å². The van der Waals surface area contributed by atoms with Crippen molar-refractivity contribution in [3.05, 3.63) is 0 Å². The summed E-state index contributed by atoms with van der Waals surface area (Å²) in [5, 5.41) is 0. The summed E-state index contributed by atoms with van der Waals surface area (Å²) in [5.74, 6) is -0.549. The van der Waals surface area contributed by atoms with Gasteiger partial charge in [-0.05, 0) is 5.41 Å². The summed E-state index contributed by atoms with van der Waals surface area (Å²) in [5.41, 5.74) is -0.803. The normalized spacial score (nSPS) is 20.6. The molecule has 0 unspecified atom stereocenters. The molecule has 1 aliphatic heterocycles. The minimum atomic E-state index is -0.520. The lowest BCUT2D eigenvalue weighted by atomic mass is 9.81. The van der Waals surface area contributed by atoms with E-state index in [-0.39, 0.29) is 29.6 Å². The Kier molecular flexibility index (Phi) is 3.46. The summed E-state index contributed by atoms with van der Waals surface area (Å²) in [6, 6.07) is 0. The SMILES string of the molecule is CC1(C)CC(=O)N(CC(=O)C(C)(C)C)C(=O)C1. The lowest BCUT2D eigenvalue weighted by molar-refractivity contribution is -0.155. The Labute approximate surface area is 102 Å². The summed E-state index contributed by atoms with van der Waals surface area (Å²) in [7, 11) is 0. The monoisotopic (exact) mass is 239 g/mol. The second-order valence-corrected chi connectivity index (χ2v) is 6.56. The van der Waals surface area contributed by atoms with Crippen LogP contribution in [0.3, 0.4) is 0 Å². The highest BCUT2D eigenvalue weighted by Gasteiger charge is 2.39. The second-order valence-electron chi connectivity index (χ2n) is 6.56. The van der Waals surface area contributed by atoms with Crippen LogP contribution in [0.1, 0.15) is 47.5 Å². The first-order chi connectivity index (χ1) is 7.53. The van der Waals surface area contributed by atoms with Gasteiger partial charge in [0.15, 0.2) is 5.78 Å². The van der Waals surface area contributed by atoms with Crippen molar-refractivity contribution < 1.29 is 14.4 Å². The fraction of sp³-hybridized carbons (Fsp3) is 0.769. The topological polar surface area (TPSA) is 54.5 Å². The number of hydrogen-bond acceptors (Lipinski definition) is 3. The number of rotatable bonds is 2. The van der Waals surface area contributed by atoms with Gasteiger partial charge in [0.2, 0.25) is 11.8 Å². The van der Waals surface area contributed by atoms with Gasteiger partial charge in [0.25, 0.3) is 0 Å². The molecular weight excluding hydrogens is 218 g/mol. The smallest absolute Gasteiger partial charge is 0.230 e. The largest absolute Gasteiger partial charge is 0.297 e. The summed E-state index contributed by atoms with van der Waals surface area (Å²) in [4.78, 5) is 36.6. The lowest BCUT2D eigenvalue weighted by Crippen LogP contribution is -2.49. The molecule has 0 radical (unpaired) electrons. The fourth-order valence-electron chi connectivity index (χ4n) is 1.77. The molecule has 1 heterocycles. The fourth-order valence-corrected chi connectivity index (χ4v) is 1.77. The molecule has 2 amide bonds. The van der Waals surface area contributed by atoms with Crippen molar-refractivity contribution >= 4 is 17.6 Å². The van der Waals surface area contributed by atoms with E-state index >= 15 is 0 Å². The van der Waals surface area contributed by atoms with Gasteiger partial charge in [-0.1, -0.05) is 34.6 Å². The van der Waals surface area contributed by atoms with Crippen molar-refractivity contribution in [2.45, 2.75) is 47.5 Å². The zero-order valence-electron chi connectivity index (χ0n) is 11.3. The maximum absolute atomic E-state index is 11.8. The predicted octanol–water partition coefficient (Wildman–Crippen LogP) is 1.78. The number of amides is 2. The molecule has 1 fully saturated rings. The van der Waals surface area contributed by atoms with Crippen molar-refractivity contribution in [2.75, 3.05) is 6.54 Å². The van der Waals surface area contributed by atoms with E-state index in [4.69, 9.17) is 0 Å². The van der Waals surface area contributed by atoms with Gasteiger partial charge < -0.3 is 0 Å². The zero-order valence-corrected chi connectivity index (χ0v) is 11.3. The summed E-state index contributed by atoms with van der Waals surface area (Å²) < 4.78 is 0. The molecule has 1 saturated heterocycles. The van der Waals surface area contributed by atoms with Crippen LogP contribution >= 0.6 is 0 Å². The molecule has 0 N–H and O–H groups in total. The number of hydrogen-bond donors (Lipinski definition) is 0.